The maximum Gasteiger partial charge on any atom is 0.204 e. The van der Waals surface area contributed by atoms with Crippen molar-refractivity contribution < 1.29 is 9.52 Å². The number of fused-ring (bicyclic) bond motifs is 1. The van der Waals surface area contributed by atoms with Crippen LogP contribution in [0.1, 0.15) is 5.76 Å². The molecular formula is C14H9ClN2O2S. The van der Waals surface area contributed by atoms with Crippen LogP contribution in [-0.4, -0.2) is 10.1 Å². The molecule has 0 aliphatic carbocycles. The van der Waals surface area contributed by atoms with E-state index < -0.39 is 0 Å². The maximum absolute atomic E-state index is 9.48. The summed E-state index contributed by atoms with van der Waals surface area (Å²) in [6, 6.07) is 11.6. The molecule has 0 saturated carbocycles. The van der Waals surface area contributed by atoms with Gasteiger partial charge in [-0.15, -0.1) is 0 Å². The van der Waals surface area contributed by atoms with Crippen molar-refractivity contribution in [3.63, 3.8) is 0 Å². The zero-order valence-electron chi connectivity index (χ0n) is 10.1. The van der Waals surface area contributed by atoms with Gasteiger partial charge < -0.3 is 9.52 Å². The van der Waals surface area contributed by atoms with Crippen molar-refractivity contribution in [3.05, 3.63) is 47.2 Å². The predicted molar refractivity (Wildman–Crippen MR) is 81.2 cm³/mol. The van der Waals surface area contributed by atoms with Gasteiger partial charge in [-0.2, -0.15) is 18.8 Å². The fraction of sp³-hybridized carbons (Fsp3) is 0. The third-order valence-electron chi connectivity index (χ3n) is 2.71. The molecule has 0 unspecified atom stereocenters. The van der Waals surface area contributed by atoms with E-state index in [2.05, 4.69) is 4.98 Å². The van der Waals surface area contributed by atoms with E-state index in [1.165, 1.54) is 6.07 Å². The standard InChI is InChI=1S/C14H7ClN2O2.H2S/c15-11-6-13(14-4-2-9(7-16)19-14)17-12-5-8(18)1-3-10(11)12;/h1-6,18H;1H2. The van der Waals surface area contributed by atoms with Crippen molar-refractivity contribution in [2.24, 2.45) is 0 Å². The first kappa shape index (κ1) is 14.3. The molecule has 2 heterocycles. The van der Waals surface area contributed by atoms with Gasteiger partial charge in [0.15, 0.2) is 5.76 Å². The molecule has 0 radical (unpaired) electrons. The molecule has 2 aromatic heterocycles. The Kier molecular flexibility index (Phi) is 3.89. The van der Waals surface area contributed by atoms with Gasteiger partial charge in [0, 0.05) is 11.5 Å². The molecule has 0 amide bonds. The number of halogens is 1. The Bertz CT molecular complexity index is 824. The zero-order chi connectivity index (χ0) is 13.4. The lowest BCUT2D eigenvalue weighted by molar-refractivity contribution is 0.476. The van der Waals surface area contributed by atoms with Gasteiger partial charge in [0.2, 0.25) is 5.76 Å². The summed E-state index contributed by atoms with van der Waals surface area (Å²) < 4.78 is 5.31. The highest BCUT2D eigenvalue weighted by atomic mass is 35.5. The summed E-state index contributed by atoms with van der Waals surface area (Å²) >= 11 is 6.18. The molecule has 20 heavy (non-hydrogen) atoms. The summed E-state index contributed by atoms with van der Waals surface area (Å²) in [7, 11) is 0. The lowest BCUT2D eigenvalue weighted by atomic mass is 10.2. The molecule has 0 atom stereocenters. The van der Waals surface area contributed by atoms with Gasteiger partial charge in [-0.3, -0.25) is 0 Å². The Morgan fingerprint density at radius 3 is 2.70 bits per heavy atom. The number of pyridine rings is 1. The van der Waals surface area contributed by atoms with Crippen LogP contribution in [0.15, 0.2) is 40.8 Å². The second kappa shape index (κ2) is 5.45. The topological polar surface area (TPSA) is 70.0 Å². The van der Waals surface area contributed by atoms with Gasteiger partial charge in [-0.25, -0.2) is 4.98 Å². The summed E-state index contributed by atoms with van der Waals surface area (Å²) in [4.78, 5) is 4.37. The van der Waals surface area contributed by atoms with Gasteiger partial charge in [0.25, 0.3) is 0 Å². The van der Waals surface area contributed by atoms with Crippen LogP contribution < -0.4 is 0 Å². The lowest BCUT2D eigenvalue weighted by Crippen LogP contribution is -1.85. The minimum absolute atomic E-state index is 0. The molecule has 1 N–H and O–H groups in total. The number of hydrogen-bond donors (Lipinski definition) is 1. The van der Waals surface area contributed by atoms with E-state index in [0.29, 0.717) is 22.0 Å². The van der Waals surface area contributed by atoms with Crippen molar-refractivity contribution in [1.29, 1.82) is 5.26 Å². The number of benzene rings is 1. The minimum Gasteiger partial charge on any atom is -0.508 e. The first-order valence-electron chi connectivity index (χ1n) is 5.47. The van der Waals surface area contributed by atoms with Crippen LogP contribution in [0, 0.1) is 11.3 Å². The maximum atomic E-state index is 9.48. The first-order valence-corrected chi connectivity index (χ1v) is 5.85. The van der Waals surface area contributed by atoms with Crippen molar-refractivity contribution in [1.82, 2.24) is 4.98 Å². The van der Waals surface area contributed by atoms with Crippen LogP contribution >= 0.6 is 25.1 Å². The molecule has 6 heteroatoms. The third kappa shape index (κ3) is 2.44. The number of phenols is 1. The molecule has 100 valence electrons. The number of hydrogen-bond acceptors (Lipinski definition) is 4. The largest absolute Gasteiger partial charge is 0.508 e. The van der Waals surface area contributed by atoms with Crippen LogP contribution in [0.3, 0.4) is 0 Å². The minimum atomic E-state index is 0. The van der Waals surface area contributed by atoms with Crippen LogP contribution in [0.5, 0.6) is 5.75 Å². The molecule has 0 aliphatic heterocycles. The first-order chi connectivity index (χ1) is 9.17. The smallest absolute Gasteiger partial charge is 0.204 e. The fourth-order valence-electron chi connectivity index (χ4n) is 1.84. The molecule has 0 bridgehead atoms. The second-order valence-corrected chi connectivity index (χ2v) is 4.37. The van der Waals surface area contributed by atoms with E-state index in [1.807, 2.05) is 6.07 Å². The van der Waals surface area contributed by atoms with E-state index in [4.69, 9.17) is 21.3 Å². The Morgan fingerprint density at radius 2 is 2.00 bits per heavy atom. The number of nitriles is 1. The Hall–Kier alpha value is -2.16. The predicted octanol–water partition coefficient (Wildman–Crippen LogP) is 3.84. The normalized spacial score (nSPS) is 10.0. The van der Waals surface area contributed by atoms with E-state index >= 15 is 0 Å². The van der Waals surface area contributed by atoms with E-state index in [9.17, 15) is 5.11 Å². The van der Waals surface area contributed by atoms with Crippen LogP contribution in [0.25, 0.3) is 22.4 Å². The molecule has 3 rings (SSSR count). The van der Waals surface area contributed by atoms with Crippen molar-refractivity contribution in [2.45, 2.75) is 0 Å². The number of furan rings is 1. The fourth-order valence-corrected chi connectivity index (χ4v) is 2.10. The molecule has 1 aromatic carbocycles. The quantitative estimate of drug-likeness (QED) is 0.741. The summed E-state index contributed by atoms with van der Waals surface area (Å²) in [6.07, 6.45) is 0. The molecule has 0 fully saturated rings. The second-order valence-electron chi connectivity index (χ2n) is 3.97. The molecule has 0 aliphatic rings. The van der Waals surface area contributed by atoms with E-state index in [1.54, 1.807) is 30.3 Å². The molecule has 3 aromatic rings. The number of nitrogens with zero attached hydrogens (tertiary/aromatic N) is 2. The summed E-state index contributed by atoms with van der Waals surface area (Å²) in [5.74, 6) is 0.790. The van der Waals surface area contributed by atoms with Crippen molar-refractivity contribution in [3.8, 4) is 23.3 Å². The van der Waals surface area contributed by atoms with E-state index in [-0.39, 0.29) is 25.0 Å². The van der Waals surface area contributed by atoms with Gasteiger partial charge >= 0.3 is 0 Å². The highest BCUT2D eigenvalue weighted by Crippen LogP contribution is 2.30. The lowest BCUT2D eigenvalue weighted by Gasteiger charge is -2.03. The molecular weight excluding hydrogens is 296 g/mol. The average Bonchev–Trinajstić information content (AvgIpc) is 2.86. The zero-order valence-corrected chi connectivity index (χ0v) is 11.8. The third-order valence-corrected chi connectivity index (χ3v) is 3.02. The number of phenolic OH excluding ortho intramolecular Hbond substituents is 1. The molecule has 4 nitrogen and oxygen atoms in total. The Balaban J connectivity index is 0.00000147. The van der Waals surface area contributed by atoms with Gasteiger partial charge in [-0.1, -0.05) is 11.6 Å². The monoisotopic (exact) mass is 304 g/mol. The molecule has 0 spiro atoms. The van der Waals surface area contributed by atoms with Crippen LogP contribution in [-0.2, 0) is 0 Å². The summed E-state index contributed by atoms with van der Waals surface area (Å²) in [6.45, 7) is 0. The van der Waals surface area contributed by atoms with Gasteiger partial charge in [0.1, 0.15) is 17.5 Å². The van der Waals surface area contributed by atoms with Crippen LogP contribution in [0.4, 0.5) is 0 Å². The van der Waals surface area contributed by atoms with Gasteiger partial charge in [0.05, 0.1) is 10.5 Å². The highest BCUT2D eigenvalue weighted by molar-refractivity contribution is 7.59. The number of aromatic hydroxyl groups is 1. The summed E-state index contributed by atoms with van der Waals surface area (Å²) in [5, 5.41) is 19.5. The van der Waals surface area contributed by atoms with E-state index in [0.717, 1.165) is 5.39 Å². The Labute approximate surface area is 126 Å². The number of aromatic nitrogens is 1. The SMILES string of the molecule is N#Cc1ccc(-c2cc(Cl)c3ccc(O)cc3n2)o1.S. The van der Waals surface area contributed by atoms with Crippen molar-refractivity contribution in [2.75, 3.05) is 0 Å². The highest BCUT2D eigenvalue weighted by Gasteiger charge is 2.10. The van der Waals surface area contributed by atoms with Crippen molar-refractivity contribution >= 4 is 36.0 Å². The summed E-state index contributed by atoms with van der Waals surface area (Å²) in [5.41, 5.74) is 1.09. The average molecular weight is 305 g/mol. The Morgan fingerprint density at radius 1 is 1.20 bits per heavy atom. The van der Waals surface area contributed by atoms with Gasteiger partial charge in [-0.05, 0) is 30.3 Å². The molecule has 0 saturated heterocycles. The van der Waals surface area contributed by atoms with Crippen LogP contribution in [0.2, 0.25) is 5.02 Å². The number of rotatable bonds is 1.